The van der Waals surface area contributed by atoms with Crippen molar-refractivity contribution in [2.75, 3.05) is 6.54 Å². The molecule has 0 saturated carbocycles. The van der Waals surface area contributed by atoms with Crippen LogP contribution in [0, 0.1) is 0 Å². The highest BCUT2D eigenvalue weighted by atomic mass is 32.1. The molecule has 0 aliphatic rings. The van der Waals surface area contributed by atoms with Crippen molar-refractivity contribution in [1.82, 2.24) is 19.5 Å². The van der Waals surface area contributed by atoms with Gasteiger partial charge in [0.05, 0.1) is 17.8 Å². The van der Waals surface area contributed by atoms with Crippen LogP contribution in [0.2, 0.25) is 0 Å². The number of carbonyl (C=O) groups excluding carboxylic acids is 1. The Labute approximate surface area is 143 Å². The molecule has 0 aromatic carbocycles. The number of amides is 1. The molecule has 4 rings (SSSR count). The van der Waals surface area contributed by atoms with E-state index in [0.717, 1.165) is 16.8 Å². The third-order valence-electron chi connectivity index (χ3n) is 3.85. The summed E-state index contributed by atoms with van der Waals surface area (Å²) in [5.41, 5.74) is 3.76. The lowest BCUT2D eigenvalue weighted by Crippen LogP contribution is -2.27. The van der Waals surface area contributed by atoms with E-state index < -0.39 is 0 Å². The molecule has 5 nitrogen and oxygen atoms in total. The zero-order valence-corrected chi connectivity index (χ0v) is 13.7. The van der Waals surface area contributed by atoms with Crippen molar-refractivity contribution < 1.29 is 4.79 Å². The number of carbonyl (C=O) groups is 1. The molecule has 4 heterocycles. The average Bonchev–Trinajstić information content (AvgIpc) is 3.33. The number of aromatic nitrogens is 3. The Hall–Kier alpha value is -2.86. The molecule has 24 heavy (non-hydrogen) atoms. The lowest BCUT2D eigenvalue weighted by Gasteiger charge is -2.04. The molecule has 0 bridgehead atoms. The molecular weight excluding hydrogens is 320 g/mol. The van der Waals surface area contributed by atoms with E-state index in [2.05, 4.69) is 21.9 Å². The van der Waals surface area contributed by atoms with E-state index in [0.29, 0.717) is 18.7 Å². The molecule has 1 amide bonds. The van der Waals surface area contributed by atoms with E-state index in [-0.39, 0.29) is 5.91 Å². The topological polar surface area (TPSA) is 51.3 Å². The van der Waals surface area contributed by atoms with E-state index in [4.69, 9.17) is 0 Å². The summed E-state index contributed by atoms with van der Waals surface area (Å²) in [6.07, 6.45) is 5.71. The first kappa shape index (κ1) is 14.7. The van der Waals surface area contributed by atoms with Crippen LogP contribution >= 0.6 is 11.3 Å². The number of nitrogens with zero attached hydrogens (tertiary/aromatic N) is 3. The van der Waals surface area contributed by atoms with Gasteiger partial charge in [0.1, 0.15) is 0 Å². The van der Waals surface area contributed by atoms with Gasteiger partial charge in [-0.2, -0.15) is 16.4 Å². The Morgan fingerprint density at radius 1 is 1.21 bits per heavy atom. The maximum Gasteiger partial charge on any atom is 0.252 e. The predicted octanol–water partition coefficient (Wildman–Crippen LogP) is 3.29. The summed E-state index contributed by atoms with van der Waals surface area (Å²) in [6, 6.07) is 11.8. The van der Waals surface area contributed by atoms with Crippen LogP contribution in [0.3, 0.4) is 0 Å². The van der Waals surface area contributed by atoms with Crippen LogP contribution < -0.4 is 5.32 Å². The fourth-order valence-electron chi connectivity index (χ4n) is 2.62. The molecule has 0 saturated heterocycles. The Morgan fingerprint density at radius 2 is 2.17 bits per heavy atom. The molecular formula is C18H16N4OS. The molecule has 1 N–H and O–H groups in total. The van der Waals surface area contributed by atoms with Gasteiger partial charge in [-0.15, -0.1) is 0 Å². The lowest BCUT2D eigenvalue weighted by atomic mass is 10.2. The Bertz CT molecular complexity index is 935. The normalized spacial score (nSPS) is 11.0. The Morgan fingerprint density at radius 3 is 3.00 bits per heavy atom. The molecule has 0 aliphatic carbocycles. The van der Waals surface area contributed by atoms with E-state index in [9.17, 15) is 4.79 Å². The molecule has 0 atom stereocenters. The molecule has 0 fully saturated rings. The number of hydrogen-bond acceptors (Lipinski definition) is 3. The van der Waals surface area contributed by atoms with Crippen molar-refractivity contribution in [2.24, 2.45) is 0 Å². The third kappa shape index (κ3) is 2.96. The first-order valence-electron chi connectivity index (χ1n) is 7.70. The summed E-state index contributed by atoms with van der Waals surface area (Å²) >= 11 is 1.66. The summed E-state index contributed by atoms with van der Waals surface area (Å²) in [5, 5.41) is 11.6. The van der Waals surface area contributed by atoms with Gasteiger partial charge in [-0.25, -0.2) is 0 Å². The largest absolute Gasteiger partial charge is 0.350 e. The van der Waals surface area contributed by atoms with Gasteiger partial charge in [0, 0.05) is 41.6 Å². The highest BCUT2D eigenvalue weighted by Gasteiger charge is 2.08. The van der Waals surface area contributed by atoms with Crippen molar-refractivity contribution in [3.63, 3.8) is 0 Å². The predicted molar refractivity (Wildman–Crippen MR) is 95.3 cm³/mol. The standard InChI is InChI=1S/C18H16N4OS/c23-18(15-11-16-3-1-2-7-21(16)12-15)19-6-9-22-8-4-17(20-22)14-5-10-24-13-14/h1-5,7-8,10-13H,6,9H2,(H,19,23). The minimum Gasteiger partial charge on any atom is -0.350 e. The minimum atomic E-state index is -0.0658. The summed E-state index contributed by atoms with van der Waals surface area (Å²) in [5.74, 6) is -0.0658. The molecule has 120 valence electrons. The second kappa shape index (κ2) is 6.33. The first-order valence-corrected chi connectivity index (χ1v) is 8.65. The summed E-state index contributed by atoms with van der Waals surface area (Å²) < 4.78 is 3.79. The van der Waals surface area contributed by atoms with Crippen molar-refractivity contribution in [1.29, 1.82) is 0 Å². The highest BCUT2D eigenvalue weighted by Crippen LogP contribution is 2.19. The zero-order valence-electron chi connectivity index (χ0n) is 12.9. The summed E-state index contributed by atoms with van der Waals surface area (Å²) in [6.45, 7) is 1.18. The fraction of sp³-hybridized carbons (Fsp3) is 0.111. The average molecular weight is 336 g/mol. The van der Waals surface area contributed by atoms with E-state index in [1.54, 1.807) is 11.3 Å². The minimum absolute atomic E-state index is 0.0658. The molecule has 0 unspecified atom stereocenters. The number of thiophene rings is 1. The molecule has 4 aromatic heterocycles. The quantitative estimate of drug-likeness (QED) is 0.608. The lowest BCUT2D eigenvalue weighted by molar-refractivity contribution is 0.0952. The van der Waals surface area contributed by atoms with E-state index >= 15 is 0 Å². The van der Waals surface area contributed by atoms with E-state index in [1.807, 2.05) is 63.4 Å². The SMILES string of the molecule is O=C(NCCn1ccc(-c2ccsc2)n1)c1cc2ccccn2c1. The van der Waals surface area contributed by atoms with E-state index in [1.165, 1.54) is 0 Å². The Kier molecular flexibility index (Phi) is 3.88. The van der Waals surface area contributed by atoms with Crippen molar-refractivity contribution >= 4 is 22.8 Å². The van der Waals surface area contributed by atoms with Gasteiger partial charge in [-0.3, -0.25) is 9.48 Å². The van der Waals surface area contributed by atoms with Crippen LogP contribution in [0.25, 0.3) is 16.8 Å². The number of rotatable bonds is 5. The number of fused-ring (bicyclic) bond motifs is 1. The first-order chi connectivity index (χ1) is 11.8. The van der Waals surface area contributed by atoms with Gasteiger partial charge in [0.25, 0.3) is 5.91 Å². The van der Waals surface area contributed by atoms with Crippen molar-refractivity contribution in [2.45, 2.75) is 6.54 Å². The fourth-order valence-corrected chi connectivity index (χ4v) is 3.27. The molecule has 0 radical (unpaired) electrons. The van der Waals surface area contributed by atoms with Crippen LogP contribution in [-0.2, 0) is 6.54 Å². The van der Waals surface area contributed by atoms with Crippen LogP contribution in [0.15, 0.2) is 65.7 Å². The monoisotopic (exact) mass is 336 g/mol. The van der Waals surface area contributed by atoms with Gasteiger partial charge < -0.3 is 9.72 Å². The second-order valence-corrected chi connectivity index (χ2v) is 6.27. The van der Waals surface area contributed by atoms with Gasteiger partial charge in [-0.1, -0.05) is 6.07 Å². The van der Waals surface area contributed by atoms with Crippen LogP contribution in [0.5, 0.6) is 0 Å². The zero-order chi connectivity index (χ0) is 16.4. The highest BCUT2D eigenvalue weighted by molar-refractivity contribution is 7.08. The van der Waals surface area contributed by atoms with Crippen LogP contribution in [0.1, 0.15) is 10.4 Å². The molecule has 6 heteroatoms. The Balaban J connectivity index is 1.36. The van der Waals surface area contributed by atoms with Gasteiger partial charge in [-0.05, 0) is 35.7 Å². The van der Waals surface area contributed by atoms with Crippen molar-refractivity contribution in [3.8, 4) is 11.3 Å². The number of hydrogen-bond donors (Lipinski definition) is 1. The smallest absolute Gasteiger partial charge is 0.252 e. The van der Waals surface area contributed by atoms with Gasteiger partial charge >= 0.3 is 0 Å². The van der Waals surface area contributed by atoms with Crippen LogP contribution in [-0.4, -0.2) is 26.6 Å². The maximum absolute atomic E-state index is 12.2. The van der Waals surface area contributed by atoms with Crippen molar-refractivity contribution in [3.05, 3.63) is 71.3 Å². The van der Waals surface area contributed by atoms with Gasteiger partial charge in [0.15, 0.2) is 0 Å². The number of nitrogens with one attached hydrogen (secondary N) is 1. The maximum atomic E-state index is 12.2. The third-order valence-corrected chi connectivity index (χ3v) is 4.53. The molecule has 4 aromatic rings. The van der Waals surface area contributed by atoms with Crippen LogP contribution in [0.4, 0.5) is 0 Å². The number of pyridine rings is 1. The van der Waals surface area contributed by atoms with Gasteiger partial charge in [0.2, 0.25) is 0 Å². The molecule has 0 spiro atoms. The summed E-state index contributed by atoms with van der Waals surface area (Å²) in [7, 11) is 0. The summed E-state index contributed by atoms with van der Waals surface area (Å²) in [4.78, 5) is 12.2. The molecule has 0 aliphatic heterocycles. The second-order valence-electron chi connectivity index (χ2n) is 5.49.